The minimum absolute atomic E-state index is 0.608. The molecule has 0 saturated heterocycles. The Labute approximate surface area is 344 Å². The maximum absolute atomic E-state index is 11.3. The van der Waals surface area contributed by atoms with Gasteiger partial charge in [-0.1, -0.05) is 121 Å². The van der Waals surface area contributed by atoms with E-state index in [0.29, 0.717) is 5.56 Å². The molecule has 0 radical (unpaired) electrons. The lowest BCUT2D eigenvalue weighted by Crippen LogP contribution is -2.00. The van der Waals surface area contributed by atoms with E-state index >= 15 is 0 Å². The van der Waals surface area contributed by atoms with Crippen LogP contribution in [0, 0.1) is 11.3 Å². The molecule has 0 aliphatic heterocycles. The summed E-state index contributed by atoms with van der Waals surface area (Å²) >= 11 is 0. The third kappa shape index (κ3) is 4.34. The van der Waals surface area contributed by atoms with E-state index in [1.165, 1.54) is 16.2 Å². The Bertz CT molecular complexity index is 3930. The van der Waals surface area contributed by atoms with E-state index in [4.69, 9.17) is 0 Å². The van der Waals surface area contributed by atoms with Crippen molar-refractivity contribution >= 4 is 87.2 Å². The van der Waals surface area contributed by atoms with Crippen molar-refractivity contribution in [2.45, 2.75) is 0 Å². The molecule has 13 rings (SSSR count). The third-order valence-electron chi connectivity index (χ3n) is 12.6. The zero-order valence-electron chi connectivity index (χ0n) is 32.3. The molecule has 5 nitrogen and oxygen atoms in total. The van der Waals surface area contributed by atoms with Crippen LogP contribution in [0.4, 0.5) is 0 Å². The summed E-state index contributed by atoms with van der Waals surface area (Å²) in [4.78, 5) is 0. The van der Waals surface area contributed by atoms with Gasteiger partial charge in [0.2, 0.25) is 0 Å². The molecule has 0 atom stereocenters. The van der Waals surface area contributed by atoms with Crippen LogP contribution >= 0.6 is 0 Å². The molecule has 4 aromatic heterocycles. The van der Waals surface area contributed by atoms with Gasteiger partial charge in [-0.05, 0) is 78.9 Å². The van der Waals surface area contributed by atoms with Crippen LogP contribution in [0.5, 0.6) is 0 Å². The van der Waals surface area contributed by atoms with Crippen LogP contribution in [0.3, 0.4) is 0 Å². The highest BCUT2D eigenvalue weighted by Gasteiger charge is 2.25. The summed E-state index contributed by atoms with van der Waals surface area (Å²) in [5.41, 5.74) is 13.6. The van der Waals surface area contributed by atoms with E-state index in [9.17, 15) is 5.26 Å². The average molecular weight is 764 g/mol. The Morgan fingerprint density at radius 2 is 0.717 bits per heavy atom. The van der Waals surface area contributed by atoms with Gasteiger partial charge in [0.25, 0.3) is 0 Å². The minimum atomic E-state index is 0.608. The second-order valence-electron chi connectivity index (χ2n) is 15.6. The van der Waals surface area contributed by atoms with Crippen molar-refractivity contribution in [2.24, 2.45) is 0 Å². The smallest absolute Gasteiger partial charge is 0.101 e. The zero-order valence-corrected chi connectivity index (χ0v) is 32.3. The molecule has 0 amide bonds. The maximum atomic E-state index is 11.3. The molecule has 278 valence electrons. The van der Waals surface area contributed by atoms with Crippen molar-refractivity contribution in [1.29, 1.82) is 5.26 Å². The lowest BCUT2D eigenvalue weighted by atomic mass is 10.0. The Morgan fingerprint density at radius 3 is 1.23 bits per heavy atom. The average Bonchev–Trinajstić information content (AvgIpc) is 4.04. The third-order valence-corrected chi connectivity index (χ3v) is 12.6. The number of rotatable bonds is 4. The predicted octanol–water partition coefficient (Wildman–Crippen LogP) is 13.9. The Balaban J connectivity index is 1.21. The Kier molecular flexibility index (Phi) is 6.73. The van der Waals surface area contributed by atoms with Crippen LogP contribution in [0.25, 0.3) is 110 Å². The van der Waals surface area contributed by atoms with Gasteiger partial charge in [0.15, 0.2) is 0 Å². The molecular weight excluding hydrogens is 731 g/mol. The number of nitriles is 1. The minimum Gasteiger partial charge on any atom is -0.309 e. The SMILES string of the molecule is N#Cc1cc2c(cc1-n1c3ccccc3c3ccc4c(c5ccccc5n4-c4ccccc4)c31)c1ccc3c(c4ccccc4n3-c3ccccc3)c1n2-c1ccccc1. The highest BCUT2D eigenvalue weighted by molar-refractivity contribution is 6.28. The molecule has 60 heavy (non-hydrogen) atoms. The normalized spacial score (nSPS) is 12.0. The molecule has 0 saturated carbocycles. The summed E-state index contributed by atoms with van der Waals surface area (Å²) in [5.74, 6) is 0. The fraction of sp³-hybridized carbons (Fsp3) is 0. The first-order valence-corrected chi connectivity index (χ1v) is 20.3. The Hall–Kier alpha value is -8.33. The van der Waals surface area contributed by atoms with Crippen molar-refractivity contribution in [1.82, 2.24) is 18.3 Å². The first-order valence-electron chi connectivity index (χ1n) is 20.3. The van der Waals surface area contributed by atoms with Crippen molar-refractivity contribution in [2.75, 3.05) is 0 Å². The number of hydrogen-bond acceptors (Lipinski definition) is 1. The van der Waals surface area contributed by atoms with Gasteiger partial charge in [0.1, 0.15) is 6.07 Å². The van der Waals surface area contributed by atoms with E-state index in [2.05, 4.69) is 225 Å². The largest absolute Gasteiger partial charge is 0.309 e. The first kappa shape index (κ1) is 32.7. The fourth-order valence-corrected chi connectivity index (χ4v) is 10.2. The van der Waals surface area contributed by atoms with Gasteiger partial charge < -0.3 is 18.3 Å². The van der Waals surface area contributed by atoms with Gasteiger partial charge in [-0.15, -0.1) is 0 Å². The fourth-order valence-electron chi connectivity index (χ4n) is 10.2. The topological polar surface area (TPSA) is 43.5 Å². The van der Waals surface area contributed by atoms with E-state index in [1.54, 1.807) is 0 Å². The number of benzene rings is 9. The van der Waals surface area contributed by atoms with E-state index in [0.717, 1.165) is 93.8 Å². The summed E-state index contributed by atoms with van der Waals surface area (Å²) < 4.78 is 9.47. The van der Waals surface area contributed by atoms with Crippen LogP contribution in [-0.4, -0.2) is 18.3 Å². The molecule has 4 heterocycles. The van der Waals surface area contributed by atoms with E-state index in [-0.39, 0.29) is 0 Å². The zero-order chi connectivity index (χ0) is 39.5. The van der Waals surface area contributed by atoms with Gasteiger partial charge in [0, 0.05) is 60.2 Å². The molecule has 0 spiro atoms. The molecule has 0 aliphatic rings. The highest BCUT2D eigenvalue weighted by atomic mass is 15.0. The summed E-state index contributed by atoms with van der Waals surface area (Å²) in [6.07, 6.45) is 0. The molecule has 0 bridgehead atoms. The molecular formula is C55H33N5. The monoisotopic (exact) mass is 763 g/mol. The molecule has 0 unspecified atom stereocenters. The van der Waals surface area contributed by atoms with Crippen LogP contribution in [-0.2, 0) is 0 Å². The summed E-state index contributed by atoms with van der Waals surface area (Å²) in [5, 5.41) is 20.5. The van der Waals surface area contributed by atoms with Gasteiger partial charge in [-0.3, -0.25) is 0 Å². The van der Waals surface area contributed by atoms with E-state index in [1.807, 2.05) is 0 Å². The quantitative estimate of drug-likeness (QED) is 0.176. The molecule has 9 aromatic carbocycles. The summed E-state index contributed by atoms with van der Waals surface area (Å²) in [6, 6.07) is 74.0. The lowest BCUT2D eigenvalue weighted by molar-refractivity contribution is 1.16. The van der Waals surface area contributed by atoms with Crippen molar-refractivity contribution in [3.63, 3.8) is 0 Å². The lowest BCUT2D eigenvalue weighted by Gasteiger charge is -2.13. The highest BCUT2D eigenvalue weighted by Crippen LogP contribution is 2.46. The first-order chi connectivity index (χ1) is 29.8. The van der Waals surface area contributed by atoms with Gasteiger partial charge >= 0.3 is 0 Å². The second-order valence-corrected chi connectivity index (χ2v) is 15.6. The molecule has 0 aliphatic carbocycles. The molecule has 5 heteroatoms. The predicted molar refractivity (Wildman–Crippen MR) is 249 cm³/mol. The summed E-state index contributed by atoms with van der Waals surface area (Å²) in [7, 11) is 0. The van der Waals surface area contributed by atoms with Crippen LogP contribution < -0.4 is 0 Å². The Morgan fingerprint density at radius 1 is 0.300 bits per heavy atom. The van der Waals surface area contributed by atoms with Gasteiger partial charge in [-0.2, -0.15) is 5.26 Å². The number of aromatic nitrogens is 4. The number of hydrogen-bond donors (Lipinski definition) is 0. The number of para-hydroxylation sites is 6. The van der Waals surface area contributed by atoms with Crippen LogP contribution in [0.1, 0.15) is 5.56 Å². The van der Waals surface area contributed by atoms with Crippen LogP contribution in [0.15, 0.2) is 200 Å². The van der Waals surface area contributed by atoms with Crippen LogP contribution in [0.2, 0.25) is 0 Å². The number of nitrogens with zero attached hydrogens (tertiary/aromatic N) is 5. The summed E-state index contributed by atoms with van der Waals surface area (Å²) in [6.45, 7) is 0. The maximum Gasteiger partial charge on any atom is 0.101 e. The molecule has 0 fully saturated rings. The van der Waals surface area contributed by atoms with E-state index < -0.39 is 0 Å². The second kappa shape index (κ2) is 12.3. The van der Waals surface area contributed by atoms with Crippen molar-refractivity contribution in [3.05, 3.63) is 206 Å². The number of fused-ring (bicyclic) bond motifs is 14. The molecule has 0 N–H and O–H groups in total. The van der Waals surface area contributed by atoms with Crippen molar-refractivity contribution in [3.8, 4) is 28.8 Å². The van der Waals surface area contributed by atoms with Gasteiger partial charge in [0.05, 0.1) is 55.4 Å². The van der Waals surface area contributed by atoms with Gasteiger partial charge in [-0.25, -0.2) is 0 Å². The van der Waals surface area contributed by atoms with Crippen molar-refractivity contribution < 1.29 is 0 Å². The standard InChI is InChI=1S/C55H33N5/c56-34-35-32-51-44(41-29-31-48-52(54(41)59(51)38-20-8-3-9-21-38)42-23-11-14-26-46(42)57(48)36-16-4-1-5-17-36)33-50(35)60-45-25-13-10-22-39(45)40-28-30-49-53(55(40)60)43-24-12-15-27-47(43)58(49)37-18-6-2-7-19-37/h1-33H. The molecule has 13 aromatic rings.